The molecule has 122 valence electrons. The molecule has 0 saturated carbocycles. The molecule has 1 amide bonds. The Morgan fingerprint density at radius 3 is 2.68 bits per heavy atom. The van der Waals surface area contributed by atoms with Gasteiger partial charge in [0.25, 0.3) is 0 Å². The molecule has 0 saturated heterocycles. The number of amides is 1. The molecule has 3 nitrogen and oxygen atoms in total. The fourth-order valence-corrected chi connectivity index (χ4v) is 2.97. The van der Waals surface area contributed by atoms with E-state index in [1.807, 2.05) is 4.90 Å². The van der Waals surface area contributed by atoms with Crippen molar-refractivity contribution in [2.24, 2.45) is 11.1 Å². The SMILES string of the molecule is CCCCC(=O)N1CCc2ccc(C(N)C(C)(C)C)cc2C1. The molecule has 0 aromatic heterocycles. The third-order valence-electron chi connectivity index (χ3n) is 4.63. The van der Waals surface area contributed by atoms with Gasteiger partial charge in [-0.05, 0) is 34.9 Å². The summed E-state index contributed by atoms with van der Waals surface area (Å²) >= 11 is 0. The lowest BCUT2D eigenvalue weighted by molar-refractivity contribution is -0.132. The van der Waals surface area contributed by atoms with Crippen LogP contribution in [-0.2, 0) is 17.8 Å². The number of carbonyl (C=O) groups is 1. The monoisotopic (exact) mass is 302 g/mol. The molecule has 1 heterocycles. The number of benzene rings is 1. The Hall–Kier alpha value is -1.35. The van der Waals surface area contributed by atoms with Gasteiger partial charge in [-0.15, -0.1) is 0 Å². The molecular formula is C19H30N2O. The summed E-state index contributed by atoms with van der Waals surface area (Å²) < 4.78 is 0. The molecule has 1 aliphatic heterocycles. The molecule has 0 spiro atoms. The van der Waals surface area contributed by atoms with Crippen molar-refractivity contribution in [3.8, 4) is 0 Å². The van der Waals surface area contributed by atoms with E-state index in [2.05, 4.69) is 45.9 Å². The number of nitrogens with zero attached hydrogens (tertiary/aromatic N) is 1. The Morgan fingerprint density at radius 2 is 2.05 bits per heavy atom. The first-order valence-corrected chi connectivity index (χ1v) is 8.48. The van der Waals surface area contributed by atoms with Crippen molar-refractivity contribution in [3.05, 3.63) is 34.9 Å². The van der Waals surface area contributed by atoms with E-state index in [4.69, 9.17) is 5.73 Å². The highest BCUT2D eigenvalue weighted by Gasteiger charge is 2.25. The highest BCUT2D eigenvalue weighted by Crippen LogP contribution is 2.32. The van der Waals surface area contributed by atoms with E-state index < -0.39 is 0 Å². The fourth-order valence-electron chi connectivity index (χ4n) is 2.97. The van der Waals surface area contributed by atoms with Crippen LogP contribution in [0.5, 0.6) is 0 Å². The largest absolute Gasteiger partial charge is 0.338 e. The van der Waals surface area contributed by atoms with Gasteiger partial charge in [0, 0.05) is 25.6 Å². The fraction of sp³-hybridized carbons (Fsp3) is 0.632. The molecule has 0 radical (unpaired) electrons. The van der Waals surface area contributed by atoms with Crippen molar-refractivity contribution in [2.75, 3.05) is 6.54 Å². The van der Waals surface area contributed by atoms with Crippen LogP contribution in [0.1, 0.15) is 69.7 Å². The Kier molecular flexibility index (Phi) is 5.28. The molecule has 2 N–H and O–H groups in total. The van der Waals surface area contributed by atoms with Crippen LogP contribution in [0, 0.1) is 5.41 Å². The smallest absolute Gasteiger partial charge is 0.222 e. The number of hydrogen-bond donors (Lipinski definition) is 1. The number of hydrogen-bond acceptors (Lipinski definition) is 2. The first-order chi connectivity index (χ1) is 10.3. The van der Waals surface area contributed by atoms with Crippen molar-refractivity contribution in [3.63, 3.8) is 0 Å². The lowest BCUT2D eigenvalue weighted by Gasteiger charge is -2.32. The Balaban J connectivity index is 2.14. The minimum atomic E-state index is 0.0176. The van der Waals surface area contributed by atoms with Gasteiger partial charge in [-0.3, -0.25) is 4.79 Å². The maximum atomic E-state index is 12.2. The first kappa shape index (κ1) is 17.0. The summed E-state index contributed by atoms with van der Waals surface area (Å²) in [6.45, 7) is 10.2. The lowest BCUT2D eigenvalue weighted by atomic mass is 9.82. The Bertz CT molecular complexity index is 531. The molecular weight excluding hydrogens is 272 g/mol. The Labute approximate surface area is 134 Å². The van der Waals surface area contributed by atoms with Gasteiger partial charge < -0.3 is 10.6 Å². The molecule has 2 rings (SSSR count). The summed E-state index contributed by atoms with van der Waals surface area (Å²) in [6.07, 6.45) is 3.68. The summed E-state index contributed by atoms with van der Waals surface area (Å²) in [4.78, 5) is 14.3. The van der Waals surface area contributed by atoms with Gasteiger partial charge in [0.15, 0.2) is 0 Å². The number of nitrogens with two attached hydrogens (primary N) is 1. The van der Waals surface area contributed by atoms with Gasteiger partial charge in [0.1, 0.15) is 0 Å². The molecule has 0 fully saturated rings. The third-order valence-corrected chi connectivity index (χ3v) is 4.63. The van der Waals surface area contributed by atoms with Crippen LogP contribution in [0.4, 0.5) is 0 Å². The van der Waals surface area contributed by atoms with E-state index in [0.29, 0.717) is 6.42 Å². The van der Waals surface area contributed by atoms with Crippen molar-refractivity contribution in [1.29, 1.82) is 0 Å². The molecule has 1 aromatic rings. The van der Waals surface area contributed by atoms with E-state index >= 15 is 0 Å². The third kappa shape index (κ3) is 3.89. The quantitative estimate of drug-likeness (QED) is 0.919. The number of fused-ring (bicyclic) bond motifs is 1. The highest BCUT2D eigenvalue weighted by molar-refractivity contribution is 5.76. The van der Waals surface area contributed by atoms with E-state index in [1.165, 1.54) is 16.7 Å². The molecule has 1 atom stereocenters. The molecule has 1 aliphatic rings. The maximum Gasteiger partial charge on any atom is 0.222 e. The zero-order valence-corrected chi connectivity index (χ0v) is 14.5. The molecule has 1 aromatic carbocycles. The minimum absolute atomic E-state index is 0.0176. The normalized spacial score (nSPS) is 16.3. The van der Waals surface area contributed by atoms with E-state index in [1.54, 1.807) is 0 Å². The molecule has 0 bridgehead atoms. The highest BCUT2D eigenvalue weighted by atomic mass is 16.2. The summed E-state index contributed by atoms with van der Waals surface area (Å²) in [7, 11) is 0. The van der Waals surface area contributed by atoms with Crippen LogP contribution in [0.25, 0.3) is 0 Å². The second-order valence-electron chi connectivity index (χ2n) is 7.54. The van der Waals surface area contributed by atoms with Gasteiger partial charge >= 0.3 is 0 Å². The van der Waals surface area contributed by atoms with E-state index in [9.17, 15) is 4.79 Å². The zero-order chi connectivity index (χ0) is 16.3. The van der Waals surface area contributed by atoms with Gasteiger partial charge in [-0.25, -0.2) is 0 Å². The van der Waals surface area contributed by atoms with Crippen molar-refractivity contribution < 1.29 is 4.79 Å². The Morgan fingerprint density at radius 1 is 1.32 bits per heavy atom. The van der Waals surface area contributed by atoms with Gasteiger partial charge in [-0.1, -0.05) is 52.3 Å². The lowest BCUT2D eigenvalue weighted by Crippen LogP contribution is -2.36. The maximum absolute atomic E-state index is 12.2. The van der Waals surface area contributed by atoms with Gasteiger partial charge in [0.2, 0.25) is 5.91 Å². The topological polar surface area (TPSA) is 46.3 Å². The van der Waals surface area contributed by atoms with Crippen LogP contribution in [-0.4, -0.2) is 17.4 Å². The van der Waals surface area contributed by atoms with Crippen LogP contribution in [0.15, 0.2) is 18.2 Å². The van der Waals surface area contributed by atoms with E-state index in [0.717, 1.165) is 32.4 Å². The number of rotatable bonds is 4. The van der Waals surface area contributed by atoms with Crippen LogP contribution >= 0.6 is 0 Å². The standard InChI is InChI=1S/C19H30N2O/c1-5-6-7-17(22)21-11-10-14-8-9-15(12-16(14)13-21)18(20)19(2,3)4/h8-9,12,18H,5-7,10-11,13,20H2,1-4H3. The second kappa shape index (κ2) is 6.82. The van der Waals surface area contributed by atoms with Gasteiger partial charge in [-0.2, -0.15) is 0 Å². The second-order valence-corrected chi connectivity index (χ2v) is 7.54. The van der Waals surface area contributed by atoms with Gasteiger partial charge in [0.05, 0.1) is 0 Å². The average molecular weight is 302 g/mol. The number of unbranched alkanes of at least 4 members (excludes halogenated alkanes) is 1. The summed E-state index contributed by atoms with van der Waals surface area (Å²) in [6, 6.07) is 6.58. The molecule has 3 heteroatoms. The van der Waals surface area contributed by atoms with E-state index in [-0.39, 0.29) is 17.4 Å². The zero-order valence-electron chi connectivity index (χ0n) is 14.5. The summed E-state index contributed by atoms with van der Waals surface area (Å²) in [5, 5.41) is 0. The number of carbonyl (C=O) groups excluding carboxylic acids is 1. The van der Waals surface area contributed by atoms with Crippen LogP contribution in [0.2, 0.25) is 0 Å². The summed E-state index contributed by atoms with van der Waals surface area (Å²) in [5.74, 6) is 0.290. The minimum Gasteiger partial charge on any atom is -0.338 e. The van der Waals surface area contributed by atoms with Crippen LogP contribution < -0.4 is 5.73 Å². The van der Waals surface area contributed by atoms with Crippen molar-refractivity contribution >= 4 is 5.91 Å². The molecule has 0 aliphatic carbocycles. The average Bonchev–Trinajstić information content (AvgIpc) is 2.49. The predicted molar refractivity (Wildman–Crippen MR) is 91.5 cm³/mol. The van der Waals surface area contributed by atoms with Crippen LogP contribution in [0.3, 0.4) is 0 Å². The predicted octanol–water partition coefficient (Wildman–Crippen LogP) is 3.81. The van der Waals surface area contributed by atoms with Crippen molar-refractivity contribution in [2.45, 2.75) is 66.0 Å². The molecule has 22 heavy (non-hydrogen) atoms. The summed E-state index contributed by atoms with van der Waals surface area (Å²) in [5.41, 5.74) is 10.2. The molecule has 1 unspecified atom stereocenters. The van der Waals surface area contributed by atoms with Crippen molar-refractivity contribution in [1.82, 2.24) is 4.90 Å². The first-order valence-electron chi connectivity index (χ1n) is 8.48.